The number of hydrogen-bond donors (Lipinski definition) is 11. The van der Waals surface area contributed by atoms with Crippen LogP contribution in [0.15, 0.2) is 77.8 Å². The maximum atomic E-state index is 13.6. The van der Waals surface area contributed by atoms with E-state index in [1.54, 1.807) is 36.4 Å². The lowest BCUT2D eigenvalue weighted by atomic mass is 9.87. The summed E-state index contributed by atoms with van der Waals surface area (Å²) < 4.78 is 11.9. The van der Waals surface area contributed by atoms with Crippen molar-refractivity contribution in [3.8, 4) is 11.5 Å². The van der Waals surface area contributed by atoms with Crippen molar-refractivity contribution in [2.45, 2.75) is 91.9 Å². The summed E-state index contributed by atoms with van der Waals surface area (Å²) in [5.41, 5.74) is 42.3. The van der Waals surface area contributed by atoms with E-state index < -0.39 is 47.4 Å². The van der Waals surface area contributed by atoms with Crippen molar-refractivity contribution in [1.29, 1.82) is 0 Å². The van der Waals surface area contributed by atoms with E-state index in [1.165, 1.54) is 36.4 Å². The number of nitrogens with one attached hydrogen (secondary N) is 4. The number of Topliss-reactive ketones (excluding diaryl/α,β-unsaturated/α-hetero) is 2. The standard InChI is InChI=1S/C28H37N7O5.C24H29N5O5.CH4/c1-3-15(2)24-22(36)12-17(5-4-10-33-28(31)32)26(38)34-21-11-16(25(30)37)6-7-18(21)14-40-23-9-8-19(29)13-20(23)27(39)35-24;25-8-2-1-3-15-9-18(30)12-28-24(33)19-11-17(26)6-7-21(19)34-13-16-5-4-14(22(27)31)10-20(16)29-23(15)32;/h6-9,11,13,15,17,24H,3-5,10,12,14,29H2,1-2H3,(H2,30,37)(H,34,38)(H,35,39)(H4,31,32,33);4-7,10-11,15H,1-3,8-9,12-13,25-26H2,(H2,27,31)(H,28,33)(H,29,32);1H4/t15-,17+,24-;15-;/m01./s1. The zero-order chi connectivity index (χ0) is 54.1. The fourth-order valence-electron chi connectivity index (χ4n) is 8.14. The van der Waals surface area contributed by atoms with Gasteiger partial charge >= 0.3 is 0 Å². The lowest BCUT2D eigenvalue weighted by molar-refractivity contribution is -0.128. The Morgan fingerprint density at radius 2 is 1.19 bits per heavy atom. The van der Waals surface area contributed by atoms with Gasteiger partial charge in [0.25, 0.3) is 11.8 Å². The third kappa shape index (κ3) is 17.0. The number of carbonyl (C=O) groups excluding carboxylic acids is 8. The SMILES string of the molecule is C.CC[C@H](C)[C@@H]1NC(=O)c2cc(N)ccc2OCc2ccc(C(N)=O)cc2NC(=O)[C@H](CCCN=C(N)N)CC1=O.NCCCC[C@@H]1CC(=O)CNC(=O)c2cc(N)ccc2OCc2ccc(C(N)=O)cc2NC1=O. The molecule has 0 spiro atoms. The Morgan fingerprint density at radius 1 is 0.680 bits per heavy atom. The van der Waals surface area contributed by atoms with Gasteiger partial charge in [-0.15, -0.1) is 0 Å². The summed E-state index contributed by atoms with van der Waals surface area (Å²) >= 11 is 0. The van der Waals surface area contributed by atoms with Gasteiger partial charge in [-0.1, -0.05) is 46.2 Å². The van der Waals surface area contributed by atoms with Gasteiger partial charge in [-0.05, 0) is 98.8 Å². The summed E-state index contributed by atoms with van der Waals surface area (Å²) in [6.07, 6.45) is 2.99. The van der Waals surface area contributed by atoms with Crippen LogP contribution in [-0.2, 0) is 32.4 Å². The van der Waals surface area contributed by atoms with E-state index in [2.05, 4.69) is 26.3 Å². The normalized spacial score (nSPS) is 17.6. The average molecular weight is 1040 g/mol. The molecule has 6 amide bonds. The highest BCUT2D eigenvalue weighted by Gasteiger charge is 2.32. The second kappa shape index (κ2) is 28.1. The van der Waals surface area contributed by atoms with Crippen LogP contribution in [0.3, 0.4) is 0 Å². The average Bonchev–Trinajstić information content (AvgIpc) is 3.36. The summed E-state index contributed by atoms with van der Waals surface area (Å²) in [6.45, 7) is 4.24. The fourth-order valence-corrected chi connectivity index (χ4v) is 8.14. The number of benzene rings is 4. The van der Waals surface area contributed by atoms with Gasteiger partial charge in [0.1, 0.15) is 24.7 Å². The van der Waals surface area contributed by atoms with Crippen LogP contribution in [0, 0.1) is 17.8 Å². The summed E-state index contributed by atoms with van der Waals surface area (Å²) in [7, 11) is 0. The maximum Gasteiger partial charge on any atom is 0.255 e. The molecule has 0 fully saturated rings. The van der Waals surface area contributed by atoms with Gasteiger partial charge in [0.05, 0.1) is 23.7 Å². The second-order valence-electron chi connectivity index (χ2n) is 18.1. The quantitative estimate of drug-likeness (QED) is 0.0418. The number of amides is 6. The molecule has 2 aliphatic rings. The highest BCUT2D eigenvalue weighted by atomic mass is 16.5. The number of ketones is 2. The molecular weight excluding hydrogens is 965 g/mol. The molecule has 0 radical (unpaired) electrons. The van der Waals surface area contributed by atoms with E-state index in [-0.39, 0.29) is 110 Å². The number of nitrogen functional groups attached to an aromatic ring is 2. The third-order valence-corrected chi connectivity index (χ3v) is 12.5. The first-order chi connectivity index (χ1) is 35.3. The number of primary amides is 2. The van der Waals surface area contributed by atoms with E-state index in [0.717, 1.165) is 0 Å². The Hall–Kier alpha value is -8.53. The predicted molar refractivity (Wildman–Crippen MR) is 286 cm³/mol. The molecule has 75 heavy (non-hydrogen) atoms. The van der Waals surface area contributed by atoms with Crippen molar-refractivity contribution in [3.05, 3.63) is 106 Å². The number of carbonyl (C=O) groups is 8. The van der Waals surface area contributed by atoms with Crippen LogP contribution in [-0.4, -0.2) is 78.6 Å². The molecule has 0 aliphatic carbocycles. The summed E-state index contributed by atoms with van der Waals surface area (Å²) in [4.78, 5) is 107. The number of aliphatic imine (C=N–C) groups is 1. The van der Waals surface area contributed by atoms with Crippen molar-refractivity contribution in [2.24, 2.45) is 51.4 Å². The number of guanidine groups is 1. The van der Waals surface area contributed by atoms with Gasteiger partial charge in [-0.3, -0.25) is 43.3 Å². The van der Waals surface area contributed by atoms with E-state index in [1.807, 2.05) is 13.8 Å². The van der Waals surface area contributed by atoms with Crippen LogP contribution < -0.4 is 70.9 Å². The molecule has 0 aromatic heterocycles. The molecule has 0 saturated carbocycles. The first-order valence-corrected chi connectivity index (χ1v) is 24.2. The van der Waals surface area contributed by atoms with Crippen molar-refractivity contribution in [3.63, 3.8) is 0 Å². The molecule has 0 bridgehead atoms. The number of anilines is 4. The molecule has 4 atom stereocenters. The Kier molecular flexibility index (Phi) is 22.1. The molecule has 18 N–H and O–H groups in total. The van der Waals surface area contributed by atoms with Crippen LogP contribution in [0.25, 0.3) is 0 Å². The number of ether oxygens (including phenoxy) is 2. The lowest BCUT2D eigenvalue weighted by Gasteiger charge is -2.26. The van der Waals surface area contributed by atoms with Crippen LogP contribution in [0.5, 0.6) is 11.5 Å². The minimum Gasteiger partial charge on any atom is -0.488 e. The molecule has 2 heterocycles. The summed E-state index contributed by atoms with van der Waals surface area (Å²) in [6, 6.07) is 17.6. The Morgan fingerprint density at radius 3 is 1.68 bits per heavy atom. The Balaban J connectivity index is 0.000000324. The van der Waals surface area contributed by atoms with Gasteiger partial charge in [0, 0.05) is 76.2 Å². The van der Waals surface area contributed by atoms with E-state index >= 15 is 0 Å². The molecule has 6 rings (SSSR count). The maximum absolute atomic E-state index is 13.6. The monoisotopic (exact) mass is 1030 g/mol. The molecule has 4 aromatic carbocycles. The minimum absolute atomic E-state index is 0. The van der Waals surface area contributed by atoms with E-state index in [0.29, 0.717) is 78.9 Å². The largest absolute Gasteiger partial charge is 0.488 e. The zero-order valence-electron chi connectivity index (χ0n) is 41.5. The van der Waals surface area contributed by atoms with Crippen molar-refractivity contribution in [2.75, 3.05) is 41.7 Å². The van der Waals surface area contributed by atoms with Gasteiger partial charge in [-0.25, -0.2) is 0 Å². The van der Waals surface area contributed by atoms with Crippen LogP contribution in [0.1, 0.15) is 125 Å². The third-order valence-electron chi connectivity index (χ3n) is 12.5. The van der Waals surface area contributed by atoms with Gasteiger partial charge in [-0.2, -0.15) is 0 Å². The first kappa shape index (κ1) is 59.0. The minimum atomic E-state index is -0.850. The molecule has 22 heteroatoms. The van der Waals surface area contributed by atoms with E-state index in [9.17, 15) is 38.4 Å². The zero-order valence-corrected chi connectivity index (χ0v) is 41.5. The predicted octanol–water partition coefficient (Wildman–Crippen LogP) is 3.64. The van der Waals surface area contributed by atoms with Crippen molar-refractivity contribution in [1.82, 2.24) is 10.6 Å². The highest BCUT2D eigenvalue weighted by molar-refractivity contribution is 6.04. The highest BCUT2D eigenvalue weighted by Crippen LogP contribution is 2.30. The van der Waals surface area contributed by atoms with Crippen LogP contribution in [0.2, 0.25) is 0 Å². The first-order valence-electron chi connectivity index (χ1n) is 24.2. The number of rotatable bonds is 12. The molecule has 0 saturated heterocycles. The number of unbranched alkanes of at least 4 members (excludes halogenated alkanes) is 1. The van der Waals surface area contributed by atoms with Crippen LogP contribution >= 0.6 is 0 Å². The van der Waals surface area contributed by atoms with Gasteiger partial charge in [0.15, 0.2) is 17.5 Å². The molecule has 0 unspecified atom stereocenters. The van der Waals surface area contributed by atoms with Gasteiger partial charge < -0.3 is 70.9 Å². The number of hydrogen-bond acceptors (Lipinski definition) is 14. The van der Waals surface area contributed by atoms with E-state index in [4.69, 9.17) is 49.6 Å². The number of nitrogens with two attached hydrogens (primary N) is 7. The smallest absolute Gasteiger partial charge is 0.255 e. The molecule has 4 aromatic rings. The summed E-state index contributed by atoms with van der Waals surface area (Å²) in [5, 5.41) is 11.1. The fraction of sp³-hybridized carbons (Fsp3) is 0.377. The number of fused-ring (bicyclic) bond motifs is 4. The van der Waals surface area contributed by atoms with Crippen LogP contribution in [0.4, 0.5) is 22.7 Å². The Labute approximate surface area is 435 Å². The van der Waals surface area contributed by atoms with Crippen molar-refractivity contribution < 1.29 is 47.8 Å². The second-order valence-corrected chi connectivity index (χ2v) is 18.1. The Bertz CT molecular complexity index is 2780. The summed E-state index contributed by atoms with van der Waals surface area (Å²) in [5.74, 6) is -4.91. The molecule has 22 nitrogen and oxygen atoms in total. The lowest BCUT2D eigenvalue weighted by Crippen LogP contribution is -2.46. The molecule has 402 valence electrons. The number of nitrogens with zero attached hydrogens (tertiary/aromatic N) is 1. The van der Waals surface area contributed by atoms with Gasteiger partial charge in [0.2, 0.25) is 23.6 Å². The topological polar surface area (TPSA) is 398 Å². The molecule has 2 aliphatic heterocycles. The van der Waals surface area contributed by atoms with Crippen molar-refractivity contribution >= 4 is 75.7 Å². The molecular formula is C53H70N12O10.